The molecule has 1 rings (SSSR count). The third-order valence-corrected chi connectivity index (χ3v) is 1.96. The molecule has 0 amide bonds. The van der Waals surface area contributed by atoms with Crippen LogP contribution in [0.5, 0.6) is 0 Å². The van der Waals surface area contributed by atoms with Crippen molar-refractivity contribution in [1.82, 2.24) is 4.98 Å². The lowest BCUT2D eigenvalue weighted by Gasteiger charge is -2.24. The molecule has 0 radical (unpaired) electrons. The summed E-state index contributed by atoms with van der Waals surface area (Å²) in [5.41, 5.74) is 5.89. The number of hydrogen-bond donors (Lipinski definition) is 3. The Morgan fingerprint density at radius 1 is 1.67 bits per heavy atom. The average Bonchev–Trinajstić information content (AvgIpc) is 2.21. The number of hydrogen-bond acceptors (Lipinski definition) is 5. The second kappa shape index (κ2) is 4.15. The van der Waals surface area contributed by atoms with E-state index in [-0.39, 0.29) is 6.61 Å². The smallest absolute Gasteiger partial charge is 0.151 e. The monoisotopic (exact) mass is 206 g/mol. The van der Waals surface area contributed by atoms with Gasteiger partial charge in [0.15, 0.2) is 5.82 Å². The molecule has 15 heavy (non-hydrogen) atoms. The number of nitriles is 1. The highest BCUT2D eigenvalue weighted by Gasteiger charge is 2.18. The van der Waals surface area contributed by atoms with Gasteiger partial charge in [-0.05, 0) is 19.9 Å². The number of aliphatic hydroxyl groups is 1. The topological polar surface area (TPSA) is 95.0 Å². The highest BCUT2D eigenvalue weighted by atomic mass is 16.3. The van der Waals surface area contributed by atoms with Crippen molar-refractivity contribution in [2.24, 2.45) is 0 Å². The third-order valence-electron chi connectivity index (χ3n) is 1.96. The van der Waals surface area contributed by atoms with Crippen LogP contribution < -0.4 is 11.1 Å². The summed E-state index contributed by atoms with van der Waals surface area (Å²) < 4.78 is 0. The molecule has 1 aromatic heterocycles. The van der Waals surface area contributed by atoms with Gasteiger partial charge in [0.1, 0.15) is 6.07 Å². The van der Waals surface area contributed by atoms with Gasteiger partial charge in [-0.2, -0.15) is 5.26 Å². The first-order chi connectivity index (χ1) is 7.00. The number of anilines is 2. The van der Waals surface area contributed by atoms with Gasteiger partial charge in [-0.3, -0.25) is 0 Å². The summed E-state index contributed by atoms with van der Waals surface area (Å²) in [5, 5.41) is 20.8. The Balaban J connectivity index is 3.02. The quantitative estimate of drug-likeness (QED) is 0.677. The highest BCUT2D eigenvalue weighted by Crippen LogP contribution is 2.22. The number of aliphatic hydroxyl groups excluding tert-OH is 1. The van der Waals surface area contributed by atoms with E-state index in [4.69, 9.17) is 16.1 Å². The van der Waals surface area contributed by atoms with Crippen LogP contribution in [-0.4, -0.2) is 22.2 Å². The minimum atomic E-state index is -0.519. The van der Waals surface area contributed by atoms with Crippen molar-refractivity contribution in [2.45, 2.75) is 19.4 Å². The molecule has 0 saturated carbocycles. The SMILES string of the molecule is CC(C)(CO)Nc1nccc(C#N)c1N. The van der Waals surface area contributed by atoms with Crippen molar-refractivity contribution in [3.05, 3.63) is 17.8 Å². The van der Waals surface area contributed by atoms with Gasteiger partial charge in [0, 0.05) is 6.20 Å². The van der Waals surface area contributed by atoms with E-state index in [1.54, 1.807) is 6.07 Å². The maximum atomic E-state index is 9.08. The summed E-state index contributed by atoms with van der Waals surface area (Å²) in [6, 6.07) is 3.52. The number of nitrogens with one attached hydrogen (secondary N) is 1. The molecule has 0 unspecified atom stereocenters. The van der Waals surface area contributed by atoms with Crippen molar-refractivity contribution in [1.29, 1.82) is 5.26 Å². The molecule has 0 atom stereocenters. The summed E-state index contributed by atoms with van der Waals surface area (Å²) in [6.45, 7) is 3.57. The fraction of sp³-hybridized carbons (Fsp3) is 0.400. The largest absolute Gasteiger partial charge is 0.395 e. The van der Waals surface area contributed by atoms with E-state index in [0.29, 0.717) is 17.1 Å². The zero-order valence-electron chi connectivity index (χ0n) is 8.78. The Kier molecular flexibility index (Phi) is 3.12. The van der Waals surface area contributed by atoms with E-state index in [2.05, 4.69) is 10.3 Å². The van der Waals surface area contributed by atoms with Crippen LogP contribution in [-0.2, 0) is 0 Å². The zero-order chi connectivity index (χ0) is 11.5. The molecule has 0 aliphatic heterocycles. The molecular formula is C10H14N4O. The molecule has 80 valence electrons. The first kappa shape index (κ1) is 11.3. The molecule has 0 aromatic carbocycles. The van der Waals surface area contributed by atoms with Crippen molar-refractivity contribution in [3.8, 4) is 6.07 Å². The fourth-order valence-corrected chi connectivity index (χ4v) is 1.03. The van der Waals surface area contributed by atoms with E-state index in [9.17, 15) is 0 Å². The Morgan fingerprint density at radius 3 is 2.87 bits per heavy atom. The van der Waals surface area contributed by atoms with Gasteiger partial charge in [0.25, 0.3) is 0 Å². The molecule has 0 spiro atoms. The van der Waals surface area contributed by atoms with Crippen LogP contribution in [0, 0.1) is 11.3 Å². The van der Waals surface area contributed by atoms with Crippen LogP contribution >= 0.6 is 0 Å². The molecular weight excluding hydrogens is 192 g/mol. The predicted molar refractivity (Wildman–Crippen MR) is 58.2 cm³/mol. The first-order valence-corrected chi connectivity index (χ1v) is 4.54. The van der Waals surface area contributed by atoms with Crippen molar-refractivity contribution >= 4 is 11.5 Å². The van der Waals surface area contributed by atoms with Gasteiger partial charge in [-0.15, -0.1) is 0 Å². The van der Waals surface area contributed by atoms with Crippen LogP contribution in [0.4, 0.5) is 11.5 Å². The lowest BCUT2D eigenvalue weighted by atomic mass is 10.1. The lowest BCUT2D eigenvalue weighted by Crippen LogP contribution is -2.35. The van der Waals surface area contributed by atoms with Crippen LogP contribution in [0.25, 0.3) is 0 Å². The molecule has 0 aliphatic carbocycles. The predicted octanol–water partition coefficient (Wildman–Crippen LogP) is 0.718. The van der Waals surface area contributed by atoms with Crippen LogP contribution in [0.3, 0.4) is 0 Å². The summed E-state index contributed by atoms with van der Waals surface area (Å²) in [5.74, 6) is 0.424. The number of nitrogen functional groups attached to an aromatic ring is 1. The molecule has 1 heterocycles. The van der Waals surface area contributed by atoms with E-state index in [0.717, 1.165) is 0 Å². The minimum Gasteiger partial charge on any atom is -0.395 e. The van der Waals surface area contributed by atoms with Crippen LogP contribution in [0.1, 0.15) is 19.4 Å². The van der Waals surface area contributed by atoms with E-state index >= 15 is 0 Å². The van der Waals surface area contributed by atoms with Gasteiger partial charge in [-0.1, -0.05) is 0 Å². The lowest BCUT2D eigenvalue weighted by molar-refractivity contribution is 0.234. The van der Waals surface area contributed by atoms with Crippen LogP contribution in [0.15, 0.2) is 12.3 Å². The van der Waals surface area contributed by atoms with Gasteiger partial charge in [-0.25, -0.2) is 4.98 Å². The Bertz CT molecular complexity index is 395. The molecule has 0 aliphatic rings. The fourth-order valence-electron chi connectivity index (χ4n) is 1.03. The van der Waals surface area contributed by atoms with Gasteiger partial charge in [0.05, 0.1) is 23.4 Å². The van der Waals surface area contributed by atoms with Crippen molar-refractivity contribution in [3.63, 3.8) is 0 Å². The molecule has 0 saturated heterocycles. The normalized spacial score (nSPS) is 10.8. The Labute approximate surface area is 88.6 Å². The number of pyridine rings is 1. The Morgan fingerprint density at radius 2 is 2.33 bits per heavy atom. The summed E-state index contributed by atoms with van der Waals surface area (Å²) in [4.78, 5) is 4.02. The number of aromatic nitrogens is 1. The minimum absolute atomic E-state index is 0.0507. The molecule has 1 aromatic rings. The zero-order valence-corrected chi connectivity index (χ0v) is 8.78. The summed E-state index contributed by atoms with van der Waals surface area (Å²) >= 11 is 0. The van der Waals surface area contributed by atoms with Crippen molar-refractivity contribution in [2.75, 3.05) is 17.7 Å². The number of nitrogens with two attached hydrogens (primary N) is 1. The Hall–Kier alpha value is -1.80. The second-order valence-corrected chi connectivity index (χ2v) is 3.90. The van der Waals surface area contributed by atoms with E-state index in [1.807, 2.05) is 19.9 Å². The van der Waals surface area contributed by atoms with Gasteiger partial charge in [0.2, 0.25) is 0 Å². The van der Waals surface area contributed by atoms with Gasteiger partial charge >= 0.3 is 0 Å². The number of rotatable bonds is 3. The van der Waals surface area contributed by atoms with E-state index in [1.165, 1.54) is 6.20 Å². The maximum absolute atomic E-state index is 9.08. The molecule has 0 fully saturated rings. The van der Waals surface area contributed by atoms with Crippen LogP contribution in [0.2, 0.25) is 0 Å². The van der Waals surface area contributed by atoms with Gasteiger partial charge < -0.3 is 16.2 Å². The molecule has 5 heteroatoms. The standard InChI is InChI=1S/C10H14N4O/c1-10(2,6-15)14-9-8(12)7(5-11)3-4-13-9/h3-4,15H,6,12H2,1-2H3,(H,13,14). The number of nitrogens with zero attached hydrogens (tertiary/aromatic N) is 2. The highest BCUT2D eigenvalue weighted by molar-refractivity contribution is 5.69. The summed E-state index contributed by atoms with van der Waals surface area (Å²) in [6.07, 6.45) is 1.50. The second-order valence-electron chi connectivity index (χ2n) is 3.90. The molecule has 0 bridgehead atoms. The molecule has 4 N–H and O–H groups in total. The third kappa shape index (κ3) is 2.58. The maximum Gasteiger partial charge on any atom is 0.151 e. The summed E-state index contributed by atoms with van der Waals surface area (Å²) in [7, 11) is 0. The average molecular weight is 206 g/mol. The first-order valence-electron chi connectivity index (χ1n) is 4.54. The molecule has 5 nitrogen and oxygen atoms in total. The van der Waals surface area contributed by atoms with E-state index < -0.39 is 5.54 Å². The van der Waals surface area contributed by atoms with Crippen molar-refractivity contribution < 1.29 is 5.11 Å².